The van der Waals surface area contributed by atoms with Crippen molar-refractivity contribution < 1.29 is 23.9 Å². The third-order valence-corrected chi connectivity index (χ3v) is 7.20. The van der Waals surface area contributed by atoms with Gasteiger partial charge in [-0.15, -0.1) is 0 Å². The zero-order valence-electron chi connectivity index (χ0n) is 23.3. The van der Waals surface area contributed by atoms with Crippen molar-refractivity contribution in [2.75, 3.05) is 26.2 Å². The number of carbonyl (C=O) groups excluding carboxylic acids is 3. The van der Waals surface area contributed by atoms with Gasteiger partial charge in [-0.05, 0) is 69.3 Å². The number of piperazine rings is 1. The van der Waals surface area contributed by atoms with Gasteiger partial charge < -0.3 is 25.0 Å². The molecule has 3 heterocycles. The molecule has 0 spiro atoms. The first-order valence-electron chi connectivity index (χ1n) is 13.8. The number of nitrogens with one attached hydrogen (secondary N) is 2. The second-order valence-electron chi connectivity index (χ2n) is 11.2. The van der Waals surface area contributed by atoms with Crippen LogP contribution in [0, 0.1) is 0 Å². The minimum atomic E-state index is -0.740. The van der Waals surface area contributed by atoms with E-state index in [0.717, 1.165) is 13.1 Å². The fourth-order valence-electron chi connectivity index (χ4n) is 5.35. The number of nitrogens with zero attached hydrogens (tertiary/aromatic N) is 2. The van der Waals surface area contributed by atoms with Gasteiger partial charge >= 0.3 is 6.09 Å². The Morgan fingerprint density at radius 1 is 0.927 bits per heavy atom. The predicted octanol–water partition coefficient (Wildman–Crippen LogP) is 5.17. The van der Waals surface area contributed by atoms with Crippen LogP contribution in [0.1, 0.15) is 47.1 Å². The number of benzene rings is 3. The molecular weight excluding hydrogens is 520 g/mol. The van der Waals surface area contributed by atoms with Crippen LogP contribution < -0.4 is 15.4 Å². The van der Waals surface area contributed by atoms with Gasteiger partial charge in [-0.1, -0.05) is 18.2 Å². The van der Waals surface area contributed by atoms with Gasteiger partial charge in [-0.25, -0.2) is 9.36 Å². The zero-order chi connectivity index (χ0) is 28.7. The van der Waals surface area contributed by atoms with Crippen molar-refractivity contribution in [1.29, 1.82) is 0 Å². The Kier molecular flexibility index (Phi) is 6.75. The van der Waals surface area contributed by atoms with Crippen LogP contribution in [0.15, 0.2) is 66.7 Å². The molecular formula is C32H32N4O5. The molecule has 0 bridgehead atoms. The molecule has 4 aromatic rings. The largest absolute Gasteiger partial charge is 0.457 e. The maximum absolute atomic E-state index is 13.6. The summed E-state index contributed by atoms with van der Waals surface area (Å²) in [4.78, 5) is 41.8. The summed E-state index contributed by atoms with van der Waals surface area (Å²) in [7, 11) is 0. The summed E-state index contributed by atoms with van der Waals surface area (Å²) in [5, 5.41) is 6.86. The van der Waals surface area contributed by atoms with E-state index in [1.807, 2.05) is 47.4 Å². The molecule has 1 aromatic heterocycles. The number of amides is 2. The summed E-state index contributed by atoms with van der Waals surface area (Å²) in [5.74, 6) is 0.926. The molecule has 0 saturated carbocycles. The second kappa shape index (κ2) is 10.4. The van der Waals surface area contributed by atoms with Crippen LogP contribution in [-0.2, 0) is 11.3 Å². The number of para-hydroxylation sites is 1. The molecule has 0 radical (unpaired) electrons. The average Bonchev–Trinajstić information content (AvgIpc) is 3.54. The van der Waals surface area contributed by atoms with E-state index in [-0.39, 0.29) is 11.8 Å². The first-order valence-corrected chi connectivity index (χ1v) is 13.8. The molecule has 3 aromatic carbocycles. The monoisotopic (exact) mass is 552 g/mol. The highest BCUT2D eigenvalue weighted by atomic mass is 16.6. The summed E-state index contributed by atoms with van der Waals surface area (Å²) >= 11 is 0. The van der Waals surface area contributed by atoms with E-state index in [9.17, 15) is 14.4 Å². The quantitative estimate of drug-likeness (QED) is 0.362. The molecule has 0 aliphatic carbocycles. The summed E-state index contributed by atoms with van der Waals surface area (Å²) in [6.07, 6.45) is -0.569. The molecule has 2 aliphatic heterocycles. The number of hydrogen-bond acceptors (Lipinski definition) is 6. The molecule has 0 atom stereocenters. The Bertz CT molecular complexity index is 1660. The van der Waals surface area contributed by atoms with Gasteiger partial charge in [0.1, 0.15) is 17.1 Å². The number of carbonyl (C=O) groups is 3. The smallest absolute Gasteiger partial charge is 0.419 e. The highest BCUT2D eigenvalue weighted by Gasteiger charge is 2.31. The molecule has 41 heavy (non-hydrogen) atoms. The van der Waals surface area contributed by atoms with Gasteiger partial charge in [-0.2, -0.15) is 0 Å². The van der Waals surface area contributed by atoms with Gasteiger partial charge in [0.2, 0.25) is 0 Å². The van der Waals surface area contributed by atoms with E-state index in [4.69, 9.17) is 9.47 Å². The lowest BCUT2D eigenvalue weighted by atomic mass is 9.99. The van der Waals surface area contributed by atoms with Gasteiger partial charge in [-0.3, -0.25) is 9.59 Å². The Morgan fingerprint density at radius 2 is 1.68 bits per heavy atom. The number of hydrogen-bond donors (Lipinski definition) is 2. The maximum Gasteiger partial charge on any atom is 0.419 e. The summed E-state index contributed by atoms with van der Waals surface area (Å²) < 4.78 is 13.4. The lowest BCUT2D eigenvalue weighted by Gasteiger charge is -2.27. The molecule has 2 amide bonds. The van der Waals surface area contributed by atoms with Crippen LogP contribution in [-0.4, -0.2) is 59.2 Å². The molecule has 2 aliphatic rings. The van der Waals surface area contributed by atoms with Crippen LogP contribution in [0.25, 0.3) is 22.2 Å². The minimum absolute atomic E-state index is 0.0531. The first-order chi connectivity index (χ1) is 19.7. The lowest BCUT2D eigenvalue weighted by Crippen LogP contribution is -2.46. The summed E-state index contributed by atoms with van der Waals surface area (Å²) in [6.45, 7) is 8.51. The van der Waals surface area contributed by atoms with E-state index < -0.39 is 11.7 Å². The van der Waals surface area contributed by atoms with Crippen molar-refractivity contribution in [3.63, 3.8) is 0 Å². The second-order valence-corrected chi connectivity index (χ2v) is 11.2. The van der Waals surface area contributed by atoms with Gasteiger partial charge in [0.05, 0.1) is 16.8 Å². The van der Waals surface area contributed by atoms with E-state index in [1.54, 1.807) is 45.0 Å². The van der Waals surface area contributed by atoms with Crippen molar-refractivity contribution in [3.05, 3.63) is 83.4 Å². The van der Waals surface area contributed by atoms with Crippen LogP contribution >= 0.6 is 0 Å². The van der Waals surface area contributed by atoms with E-state index in [1.165, 1.54) is 4.57 Å². The Morgan fingerprint density at radius 3 is 2.41 bits per heavy atom. The number of aromatic nitrogens is 1. The molecule has 1 fully saturated rings. The minimum Gasteiger partial charge on any atom is -0.457 e. The fourth-order valence-corrected chi connectivity index (χ4v) is 5.35. The van der Waals surface area contributed by atoms with E-state index >= 15 is 0 Å². The van der Waals surface area contributed by atoms with Crippen molar-refractivity contribution in [2.45, 2.75) is 32.9 Å². The first kappa shape index (κ1) is 26.6. The summed E-state index contributed by atoms with van der Waals surface area (Å²) in [6, 6.07) is 20.1. The van der Waals surface area contributed by atoms with Crippen molar-refractivity contribution in [3.8, 4) is 22.8 Å². The molecule has 6 rings (SSSR count). The van der Waals surface area contributed by atoms with Gasteiger partial charge in [0, 0.05) is 54.8 Å². The van der Waals surface area contributed by atoms with Gasteiger partial charge in [0.15, 0.2) is 0 Å². The molecule has 210 valence electrons. The lowest BCUT2D eigenvalue weighted by molar-refractivity contribution is 0.0546. The third kappa shape index (κ3) is 5.16. The van der Waals surface area contributed by atoms with Crippen molar-refractivity contribution >= 4 is 28.8 Å². The Hall–Kier alpha value is -4.63. The molecule has 0 unspecified atom stereocenters. The van der Waals surface area contributed by atoms with E-state index in [2.05, 4.69) is 10.6 Å². The third-order valence-electron chi connectivity index (χ3n) is 7.20. The van der Waals surface area contributed by atoms with Crippen LogP contribution in [0.5, 0.6) is 11.5 Å². The van der Waals surface area contributed by atoms with Crippen molar-refractivity contribution in [2.24, 2.45) is 0 Å². The molecule has 9 nitrogen and oxygen atoms in total. The van der Waals surface area contributed by atoms with Crippen LogP contribution in [0.2, 0.25) is 0 Å². The summed E-state index contributed by atoms with van der Waals surface area (Å²) in [5.41, 5.74) is 2.63. The molecule has 1 saturated heterocycles. The highest BCUT2D eigenvalue weighted by molar-refractivity contribution is 6.08. The van der Waals surface area contributed by atoms with Crippen LogP contribution in [0.4, 0.5) is 4.79 Å². The Labute approximate surface area is 238 Å². The predicted molar refractivity (Wildman–Crippen MR) is 155 cm³/mol. The van der Waals surface area contributed by atoms with Crippen molar-refractivity contribution in [1.82, 2.24) is 20.1 Å². The van der Waals surface area contributed by atoms with Crippen LogP contribution in [0.3, 0.4) is 0 Å². The zero-order valence-corrected chi connectivity index (χ0v) is 23.3. The number of ether oxygens (including phenoxy) is 2. The molecule has 9 heteroatoms. The molecule has 2 N–H and O–H groups in total. The SMILES string of the molecule is CC(C)(C)OC(=O)n1c(-c2ccc(Oc3ccccc3)c3c2C(=O)NC3)cc2cc(C(=O)N3CCNCC3)ccc21. The average molecular weight is 553 g/mol. The fraction of sp³-hybridized carbons (Fsp3) is 0.281. The maximum atomic E-state index is 13.6. The topological polar surface area (TPSA) is 102 Å². The highest BCUT2D eigenvalue weighted by Crippen LogP contribution is 2.39. The standard InChI is InChI=1S/C32H32N4O5/c1-32(2,3)41-31(39)36-25-11-9-20(30(38)35-15-13-33-14-16-35)17-21(25)18-26(36)23-10-12-27(24-19-34-29(37)28(23)24)40-22-7-5-4-6-8-22/h4-12,17-18,33H,13-16,19H2,1-3H3,(H,34,37). The number of rotatable bonds is 4. The number of fused-ring (bicyclic) bond motifs is 2. The van der Waals surface area contributed by atoms with E-state index in [0.29, 0.717) is 70.0 Å². The van der Waals surface area contributed by atoms with Gasteiger partial charge in [0.25, 0.3) is 11.8 Å². The Balaban J connectivity index is 1.48. The normalized spacial score (nSPS) is 15.0.